The Hall–Kier alpha value is -1.75. The van der Waals surface area contributed by atoms with Crippen LogP contribution in [0.4, 0.5) is 0 Å². The third kappa shape index (κ3) is 5.37. The molecule has 0 fully saturated rings. The maximum Gasteiger partial charge on any atom is 0.257 e. The summed E-state index contributed by atoms with van der Waals surface area (Å²) in [7, 11) is -7.26. The van der Waals surface area contributed by atoms with Gasteiger partial charge in [0.1, 0.15) is 0 Å². The molecule has 10 heteroatoms. The molecule has 0 bridgehead atoms. The van der Waals surface area contributed by atoms with Crippen molar-refractivity contribution >= 4 is 20.0 Å². The van der Waals surface area contributed by atoms with Crippen LogP contribution in [-0.4, -0.2) is 39.7 Å². The van der Waals surface area contributed by atoms with Crippen LogP contribution in [0.3, 0.4) is 0 Å². The Morgan fingerprint density at radius 3 is 2.19 bits per heavy atom. The van der Waals surface area contributed by atoms with E-state index in [1.807, 2.05) is 13.8 Å². The topological polar surface area (TPSA) is 110 Å². The van der Waals surface area contributed by atoms with Crippen LogP contribution in [-0.2, 0) is 26.6 Å². The van der Waals surface area contributed by atoms with E-state index in [9.17, 15) is 16.8 Å². The maximum absolute atomic E-state index is 12.3. The van der Waals surface area contributed by atoms with Crippen molar-refractivity contribution < 1.29 is 16.8 Å². The highest BCUT2D eigenvalue weighted by molar-refractivity contribution is 7.89. The van der Waals surface area contributed by atoms with Gasteiger partial charge in [-0.25, -0.2) is 26.3 Å². The lowest BCUT2D eigenvalue weighted by Gasteiger charge is -2.10. The third-order valence-electron chi connectivity index (χ3n) is 3.66. The quantitative estimate of drug-likeness (QED) is 0.583. The molecular weight excluding hydrogens is 376 g/mol. The van der Waals surface area contributed by atoms with Crippen molar-refractivity contribution in [1.29, 1.82) is 0 Å². The van der Waals surface area contributed by atoms with E-state index >= 15 is 0 Å². The molecule has 0 amide bonds. The monoisotopic (exact) mass is 400 g/mol. The fourth-order valence-corrected chi connectivity index (χ4v) is 4.60. The molecule has 2 N–H and O–H groups in total. The summed E-state index contributed by atoms with van der Waals surface area (Å²) in [6, 6.07) is 7.97. The predicted octanol–water partition coefficient (Wildman–Crippen LogP) is 1.25. The molecule has 1 aromatic heterocycles. The van der Waals surface area contributed by atoms with Crippen molar-refractivity contribution in [1.82, 2.24) is 19.2 Å². The summed E-state index contributed by atoms with van der Waals surface area (Å²) in [5.74, 6) is 0. The summed E-state index contributed by atoms with van der Waals surface area (Å²) in [6.07, 6.45) is 2.54. The van der Waals surface area contributed by atoms with Gasteiger partial charge in [0, 0.05) is 19.6 Å². The molecule has 8 nitrogen and oxygen atoms in total. The molecule has 0 radical (unpaired) electrons. The highest BCUT2D eigenvalue weighted by Gasteiger charge is 2.18. The van der Waals surface area contributed by atoms with Gasteiger partial charge in [0.15, 0.2) is 5.03 Å². The zero-order valence-electron chi connectivity index (χ0n) is 14.8. The Labute approximate surface area is 154 Å². The number of aromatic nitrogens is 2. The Balaban J connectivity index is 1.84. The molecule has 0 aliphatic carbocycles. The van der Waals surface area contributed by atoms with Crippen LogP contribution in [0.2, 0.25) is 0 Å². The highest BCUT2D eigenvalue weighted by Crippen LogP contribution is 2.10. The number of nitrogens with zero attached hydrogens (tertiary/aromatic N) is 2. The minimum absolute atomic E-state index is 0.111. The van der Waals surface area contributed by atoms with Gasteiger partial charge in [-0.3, -0.25) is 4.68 Å². The van der Waals surface area contributed by atoms with Crippen molar-refractivity contribution in [3.63, 3.8) is 0 Å². The van der Waals surface area contributed by atoms with E-state index in [2.05, 4.69) is 14.5 Å². The molecule has 1 heterocycles. The van der Waals surface area contributed by atoms with E-state index < -0.39 is 20.0 Å². The van der Waals surface area contributed by atoms with Crippen molar-refractivity contribution in [2.75, 3.05) is 13.1 Å². The Morgan fingerprint density at radius 1 is 0.962 bits per heavy atom. The number of hydrogen-bond donors (Lipinski definition) is 2. The van der Waals surface area contributed by atoms with Gasteiger partial charge in [-0.1, -0.05) is 24.6 Å². The van der Waals surface area contributed by atoms with E-state index in [1.165, 1.54) is 29.1 Å². The van der Waals surface area contributed by atoms with Crippen LogP contribution in [0.25, 0.3) is 0 Å². The van der Waals surface area contributed by atoms with Gasteiger partial charge < -0.3 is 0 Å². The average Bonchev–Trinajstić information content (AvgIpc) is 3.04. The summed E-state index contributed by atoms with van der Waals surface area (Å²) >= 11 is 0. The number of sulfonamides is 2. The second kappa shape index (κ2) is 8.76. The molecule has 0 spiro atoms. The smallest absolute Gasteiger partial charge is 0.253 e. The zero-order chi connectivity index (χ0) is 19.2. The molecule has 0 aliphatic heterocycles. The van der Waals surface area contributed by atoms with Crippen molar-refractivity contribution in [3.8, 4) is 0 Å². The van der Waals surface area contributed by atoms with Crippen LogP contribution in [0.1, 0.15) is 25.3 Å². The molecule has 0 atom stereocenters. The second-order valence-electron chi connectivity index (χ2n) is 5.85. The second-order valence-corrected chi connectivity index (χ2v) is 9.34. The van der Waals surface area contributed by atoms with Gasteiger partial charge in [-0.2, -0.15) is 5.10 Å². The van der Waals surface area contributed by atoms with Gasteiger partial charge in [0.25, 0.3) is 10.0 Å². The molecule has 0 aliphatic rings. The standard InChI is InChI=1S/C16H24N4O4S2/c1-3-13-20-16(9-12-17-20)26(23,24)19-11-4-10-18-25(21,22)15-7-5-14(2)6-8-15/h5-9,12,18-19H,3-4,10-11,13H2,1-2H3. The van der Waals surface area contributed by atoms with Crippen LogP contribution >= 0.6 is 0 Å². The molecule has 0 saturated carbocycles. The Kier molecular flexibility index (Phi) is 6.93. The molecule has 2 aromatic rings. The molecule has 0 saturated heterocycles. The maximum atomic E-state index is 12.3. The number of hydrogen-bond acceptors (Lipinski definition) is 5. The molecule has 1 aromatic carbocycles. The zero-order valence-corrected chi connectivity index (χ0v) is 16.5. The summed E-state index contributed by atoms with van der Waals surface area (Å²) in [5.41, 5.74) is 0.973. The first kappa shape index (κ1) is 20.6. The van der Waals surface area contributed by atoms with Gasteiger partial charge >= 0.3 is 0 Å². The van der Waals surface area contributed by atoms with Crippen LogP contribution in [0, 0.1) is 6.92 Å². The first-order valence-corrected chi connectivity index (χ1v) is 11.3. The van der Waals surface area contributed by atoms with Crippen molar-refractivity contribution in [3.05, 3.63) is 42.1 Å². The molecule has 0 unspecified atom stereocenters. The normalized spacial score (nSPS) is 12.4. The summed E-state index contributed by atoms with van der Waals surface area (Å²) in [4.78, 5) is 0.187. The van der Waals surface area contributed by atoms with Crippen LogP contribution in [0.15, 0.2) is 46.5 Å². The summed E-state index contributed by atoms with van der Waals surface area (Å²) in [5, 5.41) is 4.11. The molecule has 26 heavy (non-hydrogen) atoms. The fourth-order valence-electron chi connectivity index (χ4n) is 2.30. The first-order chi connectivity index (χ1) is 12.3. The third-order valence-corrected chi connectivity index (χ3v) is 6.62. The lowest BCUT2D eigenvalue weighted by Crippen LogP contribution is -2.31. The van der Waals surface area contributed by atoms with E-state index in [4.69, 9.17) is 0 Å². The number of nitrogens with one attached hydrogen (secondary N) is 2. The van der Waals surface area contributed by atoms with E-state index in [0.29, 0.717) is 13.0 Å². The van der Waals surface area contributed by atoms with Crippen molar-refractivity contribution in [2.45, 2.75) is 43.2 Å². The summed E-state index contributed by atoms with van der Waals surface area (Å²) in [6.45, 7) is 4.58. The lowest BCUT2D eigenvalue weighted by molar-refractivity contribution is 0.522. The minimum Gasteiger partial charge on any atom is -0.253 e. The predicted molar refractivity (Wildman–Crippen MR) is 98.7 cm³/mol. The minimum atomic E-state index is -3.67. The summed E-state index contributed by atoms with van der Waals surface area (Å²) < 4.78 is 55.2. The number of rotatable bonds is 10. The van der Waals surface area contributed by atoms with Crippen LogP contribution in [0.5, 0.6) is 0 Å². The van der Waals surface area contributed by atoms with Gasteiger partial charge in [0.2, 0.25) is 10.0 Å². The van der Waals surface area contributed by atoms with E-state index in [-0.39, 0.29) is 23.0 Å². The van der Waals surface area contributed by atoms with Gasteiger partial charge in [0.05, 0.1) is 11.1 Å². The average molecular weight is 401 g/mol. The molecule has 144 valence electrons. The lowest BCUT2D eigenvalue weighted by atomic mass is 10.2. The van der Waals surface area contributed by atoms with Crippen molar-refractivity contribution in [2.24, 2.45) is 0 Å². The van der Waals surface area contributed by atoms with E-state index in [1.54, 1.807) is 12.1 Å². The highest BCUT2D eigenvalue weighted by atomic mass is 32.2. The molecule has 2 rings (SSSR count). The van der Waals surface area contributed by atoms with Crippen LogP contribution < -0.4 is 9.44 Å². The molecular formula is C16H24N4O4S2. The SMILES string of the molecule is CCCn1nccc1S(=O)(=O)NCCCNS(=O)(=O)c1ccc(C)cc1. The number of aryl methyl sites for hydroxylation is 2. The number of benzene rings is 1. The van der Waals surface area contributed by atoms with Gasteiger partial charge in [-0.05, 0) is 38.0 Å². The van der Waals surface area contributed by atoms with Gasteiger partial charge in [-0.15, -0.1) is 0 Å². The van der Waals surface area contributed by atoms with E-state index in [0.717, 1.165) is 12.0 Å². The Bertz CT molecular complexity index is 919. The fraction of sp³-hybridized carbons (Fsp3) is 0.438. The first-order valence-electron chi connectivity index (χ1n) is 8.34. The largest absolute Gasteiger partial charge is 0.257 e. The Morgan fingerprint density at radius 2 is 1.58 bits per heavy atom.